The molecule has 4 heterocycles. The van der Waals surface area contributed by atoms with Crippen molar-refractivity contribution in [1.82, 2.24) is 24.6 Å². The number of piperidine rings is 1. The molecule has 1 aromatic carbocycles. The number of rotatable bonds is 6. The van der Waals surface area contributed by atoms with Gasteiger partial charge >= 0.3 is 0 Å². The molecule has 4 aromatic rings. The van der Waals surface area contributed by atoms with Gasteiger partial charge in [-0.3, -0.25) is 14.9 Å². The summed E-state index contributed by atoms with van der Waals surface area (Å²) in [5.41, 5.74) is 5.56. The van der Waals surface area contributed by atoms with Crippen LogP contribution in [0.2, 0.25) is 0 Å². The Morgan fingerprint density at radius 2 is 2.00 bits per heavy atom. The predicted molar refractivity (Wildman–Crippen MR) is 126 cm³/mol. The number of fused-ring (bicyclic) bond motifs is 1. The summed E-state index contributed by atoms with van der Waals surface area (Å²) in [5, 5.41) is 8.18. The van der Waals surface area contributed by atoms with E-state index in [-0.39, 0.29) is 5.91 Å². The zero-order valence-electron chi connectivity index (χ0n) is 18.5. The third-order valence-corrected chi connectivity index (χ3v) is 6.57. The summed E-state index contributed by atoms with van der Waals surface area (Å²) in [7, 11) is 0. The lowest BCUT2D eigenvalue weighted by molar-refractivity contribution is -0.132. The van der Waals surface area contributed by atoms with Crippen LogP contribution in [0.3, 0.4) is 0 Å². The Bertz CT molecular complexity index is 1200. The topological polar surface area (TPSA) is 66.8 Å². The van der Waals surface area contributed by atoms with Gasteiger partial charge in [0.05, 0.1) is 6.20 Å². The van der Waals surface area contributed by atoms with E-state index in [2.05, 4.69) is 50.2 Å². The van der Waals surface area contributed by atoms with Crippen LogP contribution in [-0.2, 0) is 17.8 Å². The number of hydrogen-bond donors (Lipinski definition) is 1. The van der Waals surface area contributed by atoms with Crippen molar-refractivity contribution in [3.05, 3.63) is 72.4 Å². The lowest BCUT2D eigenvalue weighted by atomic mass is 9.96. The number of H-pyrrole nitrogens is 1. The van der Waals surface area contributed by atoms with Gasteiger partial charge in [0.2, 0.25) is 5.91 Å². The number of likely N-dealkylation sites (tertiary alicyclic amines) is 1. The number of carbonyl (C=O) groups excluding carboxylic acids is 1. The van der Waals surface area contributed by atoms with E-state index in [1.165, 1.54) is 16.5 Å². The lowest BCUT2D eigenvalue weighted by Crippen LogP contribution is -2.39. The van der Waals surface area contributed by atoms with Crippen molar-refractivity contribution in [2.45, 2.75) is 39.2 Å². The predicted octanol–water partition coefficient (Wildman–Crippen LogP) is 4.61. The average molecular weight is 428 g/mol. The van der Waals surface area contributed by atoms with Crippen molar-refractivity contribution in [3.8, 4) is 11.1 Å². The molecule has 5 rings (SSSR count). The van der Waals surface area contributed by atoms with E-state index in [1.54, 1.807) is 0 Å². The Morgan fingerprint density at radius 3 is 2.78 bits per heavy atom. The van der Waals surface area contributed by atoms with Gasteiger partial charge in [-0.15, -0.1) is 0 Å². The standard InChI is InChI=1S/C26H29N5O/c1-19-3-2-4-24(29-19)6-8-26(32)30-12-9-20(10-13-30)18-31-14-11-22-15-21(5-7-25(22)31)23-16-27-28-17-23/h2-5,7,11,14-17,20H,6,8-10,12-13,18H2,1H3,(H,27,28). The molecule has 6 nitrogen and oxygen atoms in total. The highest BCUT2D eigenvalue weighted by molar-refractivity contribution is 5.85. The molecule has 164 valence electrons. The Morgan fingerprint density at radius 1 is 1.12 bits per heavy atom. The van der Waals surface area contributed by atoms with E-state index in [0.29, 0.717) is 12.3 Å². The van der Waals surface area contributed by atoms with E-state index in [4.69, 9.17) is 0 Å². The third-order valence-electron chi connectivity index (χ3n) is 6.57. The molecule has 0 saturated carbocycles. The quantitative estimate of drug-likeness (QED) is 0.489. The fourth-order valence-electron chi connectivity index (χ4n) is 4.72. The molecule has 1 N–H and O–H groups in total. The minimum Gasteiger partial charge on any atom is -0.347 e. The number of hydrogen-bond acceptors (Lipinski definition) is 3. The Kier molecular flexibility index (Phi) is 5.75. The number of pyridine rings is 1. The Balaban J connectivity index is 1.15. The van der Waals surface area contributed by atoms with Crippen molar-refractivity contribution in [2.75, 3.05) is 13.1 Å². The van der Waals surface area contributed by atoms with Gasteiger partial charge in [0.15, 0.2) is 0 Å². The minimum absolute atomic E-state index is 0.255. The number of aromatic nitrogens is 4. The highest BCUT2D eigenvalue weighted by Crippen LogP contribution is 2.27. The molecule has 0 atom stereocenters. The van der Waals surface area contributed by atoms with Crippen LogP contribution in [-0.4, -0.2) is 43.6 Å². The summed E-state index contributed by atoms with van der Waals surface area (Å²) in [4.78, 5) is 19.2. The van der Waals surface area contributed by atoms with Gasteiger partial charge < -0.3 is 9.47 Å². The van der Waals surface area contributed by atoms with E-state index >= 15 is 0 Å². The van der Waals surface area contributed by atoms with Gasteiger partial charge in [0, 0.05) is 66.3 Å². The lowest BCUT2D eigenvalue weighted by Gasteiger charge is -2.32. The van der Waals surface area contributed by atoms with Gasteiger partial charge in [-0.2, -0.15) is 5.10 Å². The second kappa shape index (κ2) is 8.99. The van der Waals surface area contributed by atoms with Crippen molar-refractivity contribution < 1.29 is 4.79 Å². The van der Waals surface area contributed by atoms with Gasteiger partial charge in [-0.05, 0) is 68.0 Å². The summed E-state index contributed by atoms with van der Waals surface area (Å²) in [5.74, 6) is 0.853. The molecule has 1 fully saturated rings. The van der Waals surface area contributed by atoms with Crippen molar-refractivity contribution in [2.24, 2.45) is 5.92 Å². The van der Waals surface area contributed by atoms with Crippen LogP contribution < -0.4 is 0 Å². The summed E-state index contributed by atoms with van der Waals surface area (Å²) in [6.07, 6.45) is 9.34. The first-order valence-electron chi connectivity index (χ1n) is 11.4. The molecule has 32 heavy (non-hydrogen) atoms. The monoisotopic (exact) mass is 427 g/mol. The summed E-state index contributed by atoms with van der Waals surface area (Å²) < 4.78 is 2.36. The first-order chi connectivity index (χ1) is 15.7. The summed E-state index contributed by atoms with van der Waals surface area (Å²) in [6.45, 7) is 4.70. The summed E-state index contributed by atoms with van der Waals surface area (Å²) in [6, 6.07) is 14.8. The summed E-state index contributed by atoms with van der Waals surface area (Å²) >= 11 is 0. The fraction of sp³-hybridized carbons (Fsp3) is 0.346. The maximum Gasteiger partial charge on any atom is 0.222 e. The number of nitrogens with one attached hydrogen (secondary N) is 1. The normalized spacial score (nSPS) is 14.8. The zero-order valence-corrected chi connectivity index (χ0v) is 18.5. The number of carbonyl (C=O) groups is 1. The van der Waals surface area contributed by atoms with Crippen LogP contribution in [0.25, 0.3) is 22.0 Å². The highest BCUT2D eigenvalue weighted by atomic mass is 16.2. The van der Waals surface area contributed by atoms with Gasteiger partial charge in [-0.25, -0.2) is 0 Å². The second-order valence-electron chi connectivity index (χ2n) is 8.82. The second-order valence-corrected chi connectivity index (χ2v) is 8.82. The molecule has 0 unspecified atom stereocenters. The van der Waals surface area contributed by atoms with Gasteiger partial charge in [0.25, 0.3) is 0 Å². The van der Waals surface area contributed by atoms with Gasteiger partial charge in [0.1, 0.15) is 0 Å². The number of nitrogens with zero attached hydrogens (tertiary/aromatic N) is 4. The Labute approximate surface area is 188 Å². The number of aromatic amines is 1. The zero-order chi connectivity index (χ0) is 21.9. The average Bonchev–Trinajstić information content (AvgIpc) is 3.48. The maximum atomic E-state index is 12.7. The third kappa shape index (κ3) is 4.44. The van der Waals surface area contributed by atoms with Crippen LogP contribution in [0.5, 0.6) is 0 Å². The van der Waals surface area contributed by atoms with Crippen LogP contribution in [0, 0.1) is 12.8 Å². The van der Waals surface area contributed by atoms with Crippen LogP contribution in [0.15, 0.2) is 61.1 Å². The van der Waals surface area contributed by atoms with Crippen LogP contribution >= 0.6 is 0 Å². The van der Waals surface area contributed by atoms with E-state index in [9.17, 15) is 4.79 Å². The smallest absolute Gasteiger partial charge is 0.222 e. The molecular weight excluding hydrogens is 398 g/mol. The first-order valence-corrected chi connectivity index (χ1v) is 11.4. The molecular formula is C26H29N5O. The van der Waals surface area contributed by atoms with Crippen molar-refractivity contribution in [3.63, 3.8) is 0 Å². The van der Waals surface area contributed by atoms with Crippen LogP contribution in [0.4, 0.5) is 0 Å². The molecule has 3 aromatic heterocycles. The molecule has 0 bridgehead atoms. The van der Waals surface area contributed by atoms with Gasteiger partial charge in [-0.1, -0.05) is 12.1 Å². The van der Waals surface area contributed by atoms with Crippen molar-refractivity contribution >= 4 is 16.8 Å². The molecule has 6 heteroatoms. The molecule has 1 aliphatic heterocycles. The minimum atomic E-state index is 0.255. The highest BCUT2D eigenvalue weighted by Gasteiger charge is 2.23. The molecule has 1 aliphatic rings. The number of amides is 1. The Hall–Kier alpha value is -3.41. The van der Waals surface area contributed by atoms with E-state index in [1.807, 2.05) is 42.4 Å². The molecule has 0 aliphatic carbocycles. The fourth-order valence-corrected chi connectivity index (χ4v) is 4.72. The maximum absolute atomic E-state index is 12.7. The number of benzene rings is 1. The largest absolute Gasteiger partial charge is 0.347 e. The van der Waals surface area contributed by atoms with E-state index in [0.717, 1.165) is 55.8 Å². The number of aryl methyl sites for hydroxylation is 2. The molecule has 0 spiro atoms. The molecule has 1 saturated heterocycles. The molecule has 0 radical (unpaired) electrons. The first kappa shape index (κ1) is 20.5. The van der Waals surface area contributed by atoms with Crippen LogP contribution in [0.1, 0.15) is 30.7 Å². The van der Waals surface area contributed by atoms with E-state index < -0.39 is 0 Å². The van der Waals surface area contributed by atoms with Crippen molar-refractivity contribution in [1.29, 1.82) is 0 Å². The molecule has 1 amide bonds. The SMILES string of the molecule is Cc1cccc(CCC(=O)N2CCC(Cn3ccc4cc(-c5cn[nH]c5)ccc43)CC2)n1.